The third kappa shape index (κ3) is 4.18. The fourth-order valence-corrected chi connectivity index (χ4v) is 3.92. The molecule has 1 amide bonds. The van der Waals surface area contributed by atoms with Crippen LogP contribution in [0, 0.1) is 16.0 Å². The predicted molar refractivity (Wildman–Crippen MR) is 91.7 cm³/mol. The number of hydrogen-bond donors (Lipinski definition) is 2. The highest BCUT2D eigenvalue weighted by molar-refractivity contribution is 7.90. The first kappa shape index (κ1) is 19.8. The van der Waals surface area contributed by atoms with E-state index in [4.69, 9.17) is 0 Å². The molecule has 1 fully saturated rings. The molecule has 26 heavy (non-hydrogen) atoms. The summed E-state index contributed by atoms with van der Waals surface area (Å²) in [5.74, 6) is -2.55. The average molecular weight is 384 g/mol. The van der Waals surface area contributed by atoms with E-state index in [2.05, 4.69) is 5.32 Å². The Morgan fingerprint density at radius 3 is 2.50 bits per heavy atom. The lowest BCUT2D eigenvalue weighted by atomic mass is 9.73. The van der Waals surface area contributed by atoms with Crippen LogP contribution in [0.5, 0.6) is 0 Å². The van der Waals surface area contributed by atoms with Gasteiger partial charge in [-0.25, -0.2) is 8.42 Å². The molecule has 0 aliphatic heterocycles. The summed E-state index contributed by atoms with van der Waals surface area (Å²) in [7, 11) is -3.77. The van der Waals surface area contributed by atoms with Crippen LogP contribution in [0.25, 0.3) is 0 Å². The minimum absolute atomic E-state index is 0.199. The molecule has 2 rings (SSSR count). The molecule has 1 aromatic carbocycles. The van der Waals surface area contributed by atoms with Gasteiger partial charge >= 0.3 is 5.97 Å². The van der Waals surface area contributed by atoms with Crippen molar-refractivity contribution in [3.63, 3.8) is 0 Å². The summed E-state index contributed by atoms with van der Waals surface area (Å²) < 4.78 is 23.5. The summed E-state index contributed by atoms with van der Waals surface area (Å²) in [6.07, 6.45) is 3.22. The highest BCUT2D eigenvalue weighted by Crippen LogP contribution is 2.34. The molecule has 9 nitrogen and oxygen atoms in total. The number of carboxylic acid groups (broad SMARTS) is 1. The molecule has 10 heteroatoms. The number of hydrogen-bond acceptors (Lipinski definition) is 6. The molecule has 0 bridgehead atoms. The van der Waals surface area contributed by atoms with Gasteiger partial charge in [0.15, 0.2) is 9.84 Å². The Morgan fingerprint density at radius 2 is 1.96 bits per heavy atom. The van der Waals surface area contributed by atoms with Crippen molar-refractivity contribution in [2.45, 2.75) is 43.0 Å². The number of rotatable bonds is 5. The lowest BCUT2D eigenvalue weighted by molar-refractivity contribution is -0.385. The largest absolute Gasteiger partial charge is 0.481 e. The van der Waals surface area contributed by atoms with Crippen molar-refractivity contribution in [1.29, 1.82) is 0 Å². The first-order valence-electron chi connectivity index (χ1n) is 7.99. The Bertz CT molecular complexity index is 865. The normalized spacial score (nSPS) is 23.2. The van der Waals surface area contributed by atoms with Gasteiger partial charge in [0.2, 0.25) is 0 Å². The Hall–Kier alpha value is -2.49. The van der Waals surface area contributed by atoms with Gasteiger partial charge < -0.3 is 10.4 Å². The van der Waals surface area contributed by atoms with Crippen molar-refractivity contribution < 1.29 is 28.0 Å². The molecule has 1 saturated carbocycles. The van der Waals surface area contributed by atoms with E-state index < -0.39 is 43.8 Å². The summed E-state index contributed by atoms with van der Waals surface area (Å²) in [5, 5.41) is 23.1. The number of nitrogens with one attached hydrogen (secondary N) is 1. The van der Waals surface area contributed by atoms with Crippen LogP contribution in [0.1, 0.15) is 43.0 Å². The second-order valence-corrected chi connectivity index (χ2v) is 8.77. The van der Waals surface area contributed by atoms with Crippen LogP contribution in [0.4, 0.5) is 5.69 Å². The molecule has 2 N–H and O–H groups in total. The van der Waals surface area contributed by atoms with Crippen molar-refractivity contribution in [3.8, 4) is 0 Å². The Morgan fingerprint density at radius 1 is 1.31 bits per heavy atom. The molecule has 1 aliphatic carbocycles. The molecule has 1 aliphatic rings. The van der Waals surface area contributed by atoms with Crippen LogP contribution in [0.2, 0.25) is 0 Å². The van der Waals surface area contributed by atoms with Crippen molar-refractivity contribution >= 4 is 27.4 Å². The quantitative estimate of drug-likeness (QED) is 0.581. The fraction of sp³-hybridized carbons (Fsp3) is 0.500. The van der Waals surface area contributed by atoms with Crippen LogP contribution < -0.4 is 5.32 Å². The number of carbonyl (C=O) groups is 2. The Balaban J connectivity index is 2.41. The molecule has 0 radical (unpaired) electrons. The second-order valence-electron chi connectivity index (χ2n) is 6.75. The van der Waals surface area contributed by atoms with Gasteiger partial charge in [-0.2, -0.15) is 0 Å². The lowest BCUT2D eigenvalue weighted by Crippen LogP contribution is -2.55. The summed E-state index contributed by atoms with van der Waals surface area (Å²) in [5.41, 5.74) is -1.74. The van der Waals surface area contributed by atoms with Gasteiger partial charge in [0.1, 0.15) is 0 Å². The lowest BCUT2D eigenvalue weighted by Gasteiger charge is -2.39. The standard InChI is InChI=1S/C16H20N2O7S/c1-16(6-4-3-5-13(16)15(20)21)17-14(19)10-7-11(18(22)23)9-12(8-10)26(2,24)25/h7-9,13H,3-6H2,1-2H3,(H,17,19)(H,20,21). The molecule has 2 atom stereocenters. The van der Waals surface area contributed by atoms with Crippen LogP contribution in [0.3, 0.4) is 0 Å². The van der Waals surface area contributed by atoms with Gasteiger partial charge in [0.05, 0.1) is 21.3 Å². The van der Waals surface area contributed by atoms with Crippen LogP contribution in [0.15, 0.2) is 23.1 Å². The predicted octanol–water partition coefficient (Wildman–Crippen LogP) is 1.76. The summed E-state index contributed by atoms with van der Waals surface area (Å²) in [6, 6.07) is 2.92. The number of sulfone groups is 1. The molecule has 1 aromatic rings. The van der Waals surface area contributed by atoms with E-state index in [1.807, 2.05) is 0 Å². The van der Waals surface area contributed by atoms with E-state index in [1.54, 1.807) is 6.92 Å². The van der Waals surface area contributed by atoms with E-state index in [9.17, 15) is 33.2 Å². The molecule has 0 saturated heterocycles. The monoisotopic (exact) mass is 384 g/mol. The molecule has 0 spiro atoms. The zero-order valence-electron chi connectivity index (χ0n) is 14.4. The number of benzene rings is 1. The first-order chi connectivity index (χ1) is 11.9. The number of nitro groups is 1. The number of nitrogens with zero attached hydrogens (tertiary/aromatic N) is 1. The smallest absolute Gasteiger partial charge is 0.308 e. The molecule has 0 heterocycles. The molecule has 0 aromatic heterocycles. The summed E-state index contributed by atoms with van der Waals surface area (Å²) >= 11 is 0. The van der Waals surface area contributed by atoms with Crippen molar-refractivity contribution in [2.75, 3.05) is 6.26 Å². The highest BCUT2D eigenvalue weighted by Gasteiger charge is 2.42. The van der Waals surface area contributed by atoms with Gasteiger partial charge in [-0.3, -0.25) is 19.7 Å². The zero-order chi connectivity index (χ0) is 19.7. The Kier molecular flexibility index (Phi) is 5.36. The van der Waals surface area contributed by atoms with E-state index in [-0.39, 0.29) is 10.5 Å². The minimum Gasteiger partial charge on any atom is -0.481 e. The molecule has 2 unspecified atom stereocenters. The number of nitro benzene ring substituents is 1. The highest BCUT2D eigenvalue weighted by atomic mass is 32.2. The summed E-state index contributed by atoms with van der Waals surface area (Å²) in [4.78, 5) is 34.0. The third-order valence-electron chi connectivity index (χ3n) is 4.70. The Labute approximate surface area is 150 Å². The van der Waals surface area contributed by atoms with E-state index >= 15 is 0 Å². The molecule has 142 valence electrons. The second kappa shape index (κ2) is 7.02. The molecular weight excluding hydrogens is 364 g/mol. The number of carbonyl (C=O) groups excluding carboxylic acids is 1. The minimum atomic E-state index is -3.77. The topological polar surface area (TPSA) is 144 Å². The fourth-order valence-electron chi connectivity index (χ4n) is 3.24. The average Bonchev–Trinajstić information content (AvgIpc) is 2.53. The van der Waals surface area contributed by atoms with E-state index in [0.717, 1.165) is 37.3 Å². The van der Waals surface area contributed by atoms with Crippen molar-refractivity contribution in [1.82, 2.24) is 5.32 Å². The van der Waals surface area contributed by atoms with Gasteiger partial charge in [-0.15, -0.1) is 0 Å². The zero-order valence-corrected chi connectivity index (χ0v) is 15.2. The number of carboxylic acids is 1. The van der Waals surface area contributed by atoms with Gasteiger partial charge in [-0.05, 0) is 25.8 Å². The summed E-state index contributed by atoms with van der Waals surface area (Å²) in [6.45, 7) is 1.62. The van der Waals surface area contributed by atoms with Gasteiger partial charge in [0.25, 0.3) is 11.6 Å². The van der Waals surface area contributed by atoms with Crippen LogP contribution in [-0.2, 0) is 14.6 Å². The molecular formula is C16H20N2O7S. The first-order valence-corrected chi connectivity index (χ1v) is 9.88. The maximum atomic E-state index is 12.6. The third-order valence-corrected chi connectivity index (χ3v) is 5.79. The van der Waals surface area contributed by atoms with Crippen LogP contribution in [-0.4, -0.2) is 42.1 Å². The number of non-ortho nitro benzene ring substituents is 1. The maximum absolute atomic E-state index is 12.6. The number of amides is 1. The number of aliphatic carboxylic acids is 1. The van der Waals surface area contributed by atoms with Crippen molar-refractivity contribution in [2.24, 2.45) is 5.92 Å². The van der Waals surface area contributed by atoms with E-state index in [0.29, 0.717) is 12.8 Å². The van der Waals surface area contributed by atoms with Crippen molar-refractivity contribution in [3.05, 3.63) is 33.9 Å². The van der Waals surface area contributed by atoms with Gasteiger partial charge in [0, 0.05) is 24.0 Å². The SMILES string of the molecule is CC1(NC(=O)c2cc([N+](=O)[O-])cc(S(C)(=O)=O)c2)CCCCC1C(=O)O. The van der Waals surface area contributed by atoms with Crippen LogP contribution >= 0.6 is 0 Å². The van der Waals surface area contributed by atoms with Gasteiger partial charge in [-0.1, -0.05) is 12.8 Å². The maximum Gasteiger partial charge on any atom is 0.308 e. The van der Waals surface area contributed by atoms with E-state index in [1.165, 1.54) is 0 Å².